The number of hydrogen-bond acceptors (Lipinski definition) is 6. The Balaban J connectivity index is 2.17. The molecule has 4 rings (SSSR count). The Morgan fingerprint density at radius 1 is 1.06 bits per heavy atom. The van der Waals surface area contributed by atoms with Crippen LogP contribution >= 0.6 is 11.6 Å². The van der Waals surface area contributed by atoms with Crippen LogP contribution in [0.1, 0.15) is 12.5 Å². The molecule has 2 aromatic heterocycles. The lowest BCUT2D eigenvalue weighted by Crippen LogP contribution is -2.51. The SMILES string of the molecule is CC(=O)N(c1cccnc1)n1c(=O)n(S(=O)(=O)c2ccc(C)cc2)c(=O)c2ccc(Cl)cc21. The highest BCUT2D eigenvalue weighted by Gasteiger charge is 2.28. The lowest BCUT2D eigenvalue weighted by molar-refractivity contribution is -0.117. The standard InChI is InChI=1S/C22H17ClN4O5S/c1-14-5-8-18(9-6-14)33(31,32)27-21(29)19-10-7-16(23)12-20(19)26(22(27)30)25(15(2)28)17-4-3-11-24-13-17/h3-13H,1-2H3. The van der Waals surface area contributed by atoms with Crippen LogP contribution in [0.4, 0.5) is 5.69 Å². The van der Waals surface area contributed by atoms with Crippen LogP contribution in [-0.2, 0) is 14.8 Å². The van der Waals surface area contributed by atoms with Gasteiger partial charge in [-0.15, -0.1) is 3.97 Å². The van der Waals surface area contributed by atoms with E-state index in [-0.39, 0.29) is 30.5 Å². The van der Waals surface area contributed by atoms with Crippen LogP contribution in [0.3, 0.4) is 0 Å². The van der Waals surface area contributed by atoms with E-state index in [0.29, 0.717) is 0 Å². The normalized spacial score (nSPS) is 11.5. The predicted molar refractivity (Wildman–Crippen MR) is 124 cm³/mol. The summed E-state index contributed by atoms with van der Waals surface area (Å²) in [7, 11) is -4.60. The fourth-order valence-corrected chi connectivity index (χ4v) is 4.84. The summed E-state index contributed by atoms with van der Waals surface area (Å²) in [6.45, 7) is 2.97. The number of halogens is 1. The van der Waals surface area contributed by atoms with Gasteiger partial charge in [-0.1, -0.05) is 29.3 Å². The molecule has 0 saturated heterocycles. The summed E-state index contributed by atoms with van der Waals surface area (Å²) in [5, 5.41) is 1.00. The van der Waals surface area contributed by atoms with Gasteiger partial charge in [0.1, 0.15) is 0 Å². The highest BCUT2D eigenvalue weighted by Crippen LogP contribution is 2.21. The lowest BCUT2D eigenvalue weighted by Gasteiger charge is -2.25. The first-order valence-corrected chi connectivity index (χ1v) is 11.5. The first kappa shape index (κ1) is 22.4. The maximum Gasteiger partial charge on any atom is 0.365 e. The molecule has 0 unspecified atom stereocenters. The molecular weight excluding hydrogens is 468 g/mol. The lowest BCUT2D eigenvalue weighted by atomic mass is 10.2. The van der Waals surface area contributed by atoms with E-state index in [0.717, 1.165) is 15.2 Å². The highest BCUT2D eigenvalue weighted by atomic mass is 35.5. The number of rotatable bonds is 4. The van der Waals surface area contributed by atoms with Crippen LogP contribution in [0.2, 0.25) is 5.02 Å². The van der Waals surface area contributed by atoms with Crippen LogP contribution in [0.25, 0.3) is 10.9 Å². The van der Waals surface area contributed by atoms with E-state index in [1.54, 1.807) is 25.1 Å². The fourth-order valence-electron chi connectivity index (χ4n) is 3.38. The van der Waals surface area contributed by atoms with E-state index in [1.165, 1.54) is 55.7 Å². The minimum absolute atomic E-state index is 0.0353. The molecule has 2 heterocycles. The quantitative estimate of drug-likeness (QED) is 0.440. The van der Waals surface area contributed by atoms with Crippen molar-refractivity contribution in [1.29, 1.82) is 0 Å². The zero-order valence-electron chi connectivity index (χ0n) is 17.5. The third-order valence-electron chi connectivity index (χ3n) is 4.91. The van der Waals surface area contributed by atoms with Gasteiger partial charge in [0.15, 0.2) is 0 Å². The van der Waals surface area contributed by atoms with Gasteiger partial charge >= 0.3 is 5.69 Å². The summed E-state index contributed by atoms with van der Waals surface area (Å²) in [5.41, 5.74) is -1.36. The van der Waals surface area contributed by atoms with Crippen molar-refractivity contribution in [2.75, 3.05) is 5.01 Å². The number of carbonyl (C=O) groups is 1. The number of anilines is 1. The van der Waals surface area contributed by atoms with Gasteiger partial charge in [-0.2, -0.15) is 4.68 Å². The molecule has 0 radical (unpaired) electrons. The Morgan fingerprint density at radius 2 is 1.76 bits per heavy atom. The fraction of sp³-hybridized carbons (Fsp3) is 0.0909. The summed E-state index contributed by atoms with van der Waals surface area (Å²) in [4.78, 5) is 43.2. The van der Waals surface area contributed by atoms with E-state index in [2.05, 4.69) is 4.98 Å². The van der Waals surface area contributed by atoms with Gasteiger partial charge in [0, 0.05) is 18.1 Å². The summed E-state index contributed by atoms with van der Waals surface area (Å²) < 4.78 is 27.7. The largest absolute Gasteiger partial charge is 0.365 e. The molecule has 0 fully saturated rings. The Labute approximate surface area is 193 Å². The van der Waals surface area contributed by atoms with Crippen LogP contribution in [0, 0.1) is 6.92 Å². The first-order valence-electron chi connectivity index (χ1n) is 9.63. The van der Waals surface area contributed by atoms with Crippen molar-refractivity contribution in [3.05, 3.63) is 98.4 Å². The molecule has 0 aliphatic carbocycles. The molecule has 2 aromatic carbocycles. The smallest absolute Gasteiger partial charge is 0.273 e. The number of pyridine rings is 1. The van der Waals surface area contributed by atoms with Crippen LogP contribution in [-0.4, -0.2) is 28.0 Å². The zero-order chi connectivity index (χ0) is 23.9. The van der Waals surface area contributed by atoms with E-state index < -0.39 is 27.2 Å². The third kappa shape index (κ3) is 3.83. The second-order valence-corrected chi connectivity index (χ2v) is 9.41. The molecule has 0 aliphatic heterocycles. The molecule has 0 spiro atoms. The van der Waals surface area contributed by atoms with Gasteiger partial charge in [-0.3, -0.25) is 14.6 Å². The minimum atomic E-state index is -4.60. The number of carbonyl (C=O) groups excluding carboxylic acids is 1. The molecule has 0 bridgehead atoms. The maximum absolute atomic E-state index is 13.6. The minimum Gasteiger partial charge on any atom is -0.273 e. The number of aromatic nitrogens is 3. The Bertz CT molecular complexity index is 1610. The molecule has 0 N–H and O–H groups in total. The molecule has 9 nitrogen and oxygen atoms in total. The van der Waals surface area contributed by atoms with Crippen molar-refractivity contribution < 1.29 is 13.2 Å². The molecule has 0 saturated carbocycles. The number of fused-ring (bicyclic) bond motifs is 1. The first-order chi connectivity index (χ1) is 15.6. The van der Waals surface area contributed by atoms with Crippen molar-refractivity contribution in [2.24, 2.45) is 0 Å². The molecular formula is C22H17ClN4O5S. The van der Waals surface area contributed by atoms with Gasteiger partial charge in [-0.25, -0.2) is 18.2 Å². The predicted octanol–water partition coefficient (Wildman–Crippen LogP) is 2.57. The van der Waals surface area contributed by atoms with E-state index in [4.69, 9.17) is 11.6 Å². The molecule has 33 heavy (non-hydrogen) atoms. The topological polar surface area (TPSA) is 111 Å². The van der Waals surface area contributed by atoms with E-state index in [9.17, 15) is 22.8 Å². The van der Waals surface area contributed by atoms with Crippen molar-refractivity contribution in [2.45, 2.75) is 18.7 Å². The monoisotopic (exact) mass is 484 g/mol. The Hall–Kier alpha value is -3.76. The van der Waals surface area contributed by atoms with Crippen molar-refractivity contribution >= 4 is 44.1 Å². The second kappa shape index (κ2) is 8.30. The average Bonchev–Trinajstić information content (AvgIpc) is 2.77. The summed E-state index contributed by atoms with van der Waals surface area (Å²) in [5.74, 6) is -0.621. The Morgan fingerprint density at radius 3 is 2.36 bits per heavy atom. The number of amides is 1. The molecule has 0 atom stereocenters. The van der Waals surface area contributed by atoms with Gasteiger partial charge < -0.3 is 0 Å². The molecule has 168 valence electrons. The van der Waals surface area contributed by atoms with Gasteiger partial charge in [-0.05, 0) is 49.4 Å². The Kier molecular flexibility index (Phi) is 5.64. The summed E-state index contributed by atoms with van der Waals surface area (Å²) >= 11 is 6.11. The van der Waals surface area contributed by atoms with Crippen LogP contribution in [0.15, 0.2) is 81.5 Å². The summed E-state index contributed by atoms with van der Waals surface area (Å²) in [6.07, 6.45) is 2.80. The van der Waals surface area contributed by atoms with Crippen molar-refractivity contribution in [3.63, 3.8) is 0 Å². The van der Waals surface area contributed by atoms with E-state index >= 15 is 0 Å². The number of aryl methyl sites for hydroxylation is 1. The van der Waals surface area contributed by atoms with Crippen molar-refractivity contribution in [3.8, 4) is 0 Å². The van der Waals surface area contributed by atoms with Gasteiger partial charge in [0.25, 0.3) is 15.6 Å². The molecule has 1 amide bonds. The number of hydrogen-bond donors (Lipinski definition) is 0. The number of benzene rings is 2. The molecule has 11 heteroatoms. The van der Waals surface area contributed by atoms with Gasteiger partial charge in [0.05, 0.1) is 27.7 Å². The van der Waals surface area contributed by atoms with Crippen molar-refractivity contribution in [1.82, 2.24) is 13.6 Å². The second-order valence-electron chi connectivity index (χ2n) is 7.19. The third-order valence-corrected chi connectivity index (χ3v) is 6.81. The number of nitrogens with zero attached hydrogens (tertiary/aromatic N) is 4. The van der Waals surface area contributed by atoms with Crippen LogP contribution in [0.5, 0.6) is 0 Å². The summed E-state index contributed by atoms with van der Waals surface area (Å²) in [6, 6.07) is 12.8. The molecule has 0 aliphatic rings. The average molecular weight is 485 g/mol. The maximum atomic E-state index is 13.6. The highest BCUT2D eigenvalue weighted by molar-refractivity contribution is 7.90. The van der Waals surface area contributed by atoms with E-state index in [1.807, 2.05) is 0 Å². The molecule has 4 aromatic rings. The zero-order valence-corrected chi connectivity index (χ0v) is 19.0. The van der Waals surface area contributed by atoms with Gasteiger partial charge in [0.2, 0.25) is 5.91 Å². The van der Waals surface area contributed by atoms with Crippen LogP contribution < -0.4 is 16.3 Å².